The number of hydrogen-bond donors (Lipinski definition) is 1. The Morgan fingerprint density at radius 1 is 1.27 bits per heavy atom. The predicted molar refractivity (Wildman–Crippen MR) is 83.2 cm³/mol. The molecule has 0 aliphatic heterocycles. The Morgan fingerprint density at radius 2 is 2.09 bits per heavy atom. The zero-order chi connectivity index (χ0) is 15.4. The Labute approximate surface area is 130 Å². The number of carbonyl (C=O) groups excluding carboxylic acids is 1. The van der Waals surface area contributed by atoms with Crippen LogP contribution in [0.25, 0.3) is 11.5 Å². The van der Waals surface area contributed by atoms with Crippen molar-refractivity contribution >= 4 is 23.3 Å². The van der Waals surface area contributed by atoms with Crippen LogP contribution in [-0.4, -0.2) is 22.7 Å². The van der Waals surface area contributed by atoms with E-state index in [1.54, 1.807) is 24.3 Å². The summed E-state index contributed by atoms with van der Waals surface area (Å²) in [5.74, 6) is 0.781. The molecule has 0 spiro atoms. The van der Waals surface area contributed by atoms with Gasteiger partial charge in [0.15, 0.2) is 0 Å². The fourth-order valence-corrected chi connectivity index (χ4v) is 2.44. The summed E-state index contributed by atoms with van der Waals surface area (Å²) < 4.78 is 10.7. The van der Waals surface area contributed by atoms with Crippen LogP contribution in [0.3, 0.4) is 0 Å². The largest absolute Gasteiger partial charge is 0.494 e. The number of thiophene rings is 1. The SMILES string of the molecule is CCOc1ccc(C(=O)Nc2nnc(-c3ccsc3)o2)cc1. The highest BCUT2D eigenvalue weighted by Crippen LogP contribution is 2.22. The quantitative estimate of drug-likeness (QED) is 0.780. The summed E-state index contributed by atoms with van der Waals surface area (Å²) in [5, 5.41) is 14.1. The highest BCUT2D eigenvalue weighted by Gasteiger charge is 2.13. The van der Waals surface area contributed by atoms with Gasteiger partial charge in [0.25, 0.3) is 11.8 Å². The van der Waals surface area contributed by atoms with E-state index in [1.807, 2.05) is 23.8 Å². The van der Waals surface area contributed by atoms with Crippen LogP contribution in [-0.2, 0) is 0 Å². The number of nitrogens with one attached hydrogen (secondary N) is 1. The van der Waals surface area contributed by atoms with Crippen molar-refractivity contribution in [2.45, 2.75) is 6.92 Å². The van der Waals surface area contributed by atoms with Crippen LogP contribution in [0.5, 0.6) is 5.75 Å². The fourth-order valence-electron chi connectivity index (χ4n) is 1.82. The lowest BCUT2D eigenvalue weighted by atomic mass is 10.2. The van der Waals surface area contributed by atoms with E-state index < -0.39 is 0 Å². The lowest BCUT2D eigenvalue weighted by Gasteiger charge is -2.04. The summed E-state index contributed by atoms with van der Waals surface area (Å²) in [6, 6.07) is 8.77. The van der Waals surface area contributed by atoms with Crippen molar-refractivity contribution in [1.29, 1.82) is 0 Å². The molecule has 0 radical (unpaired) electrons. The number of ether oxygens (including phenoxy) is 1. The van der Waals surface area contributed by atoms with Gasteiger partial charge in [0.05, 0.1) is 6.61 Å². The molecule has 22 heavy (non-hydrogen) atoms. The van der Waals surface area contributed by atoms with E-state index in [-0.39, 0.29) is 11.9 Å². The number of rotatable bonds is 5. The van der Waals surface area contributed by atoms with Crippen molar-refractivity contribution in [3.8, 4) is 17.2 Å². The van der Waals surface area contributed by atoms with Gasteiger partial charge in [0.2, 0.25) is 0 Å². The van der Waals surface area contributed by atoms with Gasteiger partial charge in [-0.3, -0.25) is 10.1 Å². The minimum atomic E-state index is -0.316. The molecule has 0 atom stereocenters. The van der Waals surface area contributed by atoms with Gasteiger partial charge < -0.3 is 9.15 Å². The van der Waals surface area contributed by atoms with Crippen LogP contribution in [0.1, 0.15) is 17.3 Å². The van der Waals surface area contributed by atoms with Gasteiger partial charge in [-0.1, -0.05) is 5.10 Å². The van der Waals surface area contributed by atoms with Crippen molar-refractivity contribution in [2.75, 3.05) is 11.9 Å². The first kappa shape index (κ1) is 14.3. The first-order chi connectivity index (χ1) is 10.8. The number of aromatic nitrogens is 2. The standard InChI is InChI=1S/C15H13N3O3S/c1-2-20-12-5-3-10(4-6-12)13(19)16-15-18-17-14(21-15)11-7-8-22-9-11/h3-9H,2H2,1H3,(H,16,18,19). The fraction of sp³-hybridized carbons (Fsp3) is 0.133. The van der Waals surface area contributed by atoms with E-state index in [9.17, 15) is 4.79 Å². The molecule has 7 heteroatoms. The van der Waals surface area contributed by atoms with E-state index >= 15 is 0 Å². The van der Waals surface area contributed by atoms with Crippen molar-refractivity contribution in [3.63, 3.8) is 0 Å². The lowest BCUT2D eigenvalue weighted by Crippen LogP contribution is -2.12. The molecular weight excluding hydrogens is 302 g/mol. The van der Waals surface area contributed by atoms with Gasteiger partial charge in [0, 0.05) is 16.5 Å². The molecule has 6 nitrogen and oxygen atoms in total. The summed E-state index contributed by atoms with van der Waals surface area (Å²) >= 11 is 1.53. The number of benzene rings is 1. The van der Waals surface area contributed by atoms with Crippen molar-refractivity contribution in [1.82, 2.24) is 10.2 Å². The molecule has 0 bridgehead atoms. The van der Waals surface area contributed by atoms with E-state index in [4.69, 9.17) is 9.15 Å². The highest BCUT2D eigenvalue weighted by molar-refractivity contribution is 7.08. The highest BCUT2D eigenvalue weighted by atomic mass is 32.1. The lowest BCUT2D eigenvalue weighted by molar-refractivity contribution is 0.102. The second-order valence-electron chi connectivity index (χ2n) is 4.34. The molecule has 0 unspecified atom stereocenters. The minimum absolute atomic E-state index is 0.0695. The molecule has 2 heterocycles. The molecule has 112 valence electrons. The first-order valence-corrected chi connectivity index (χ1v) is 7.61. The second kappa shape index (κ2) is 6.40. The third kappa shape index (κ3) is 3.15. The molecule has 2 aromatic heterocycles. The number of carbonyl (C=O) groups is 1. The molecule has 3 aromatic rings. The molecule has 0 fully saturated rings. The van der Waals surface area contributed by atoms with Crippen LogP contribution >= 0.6 is 11.3 Å². The molecular formula is C15H13N3O3S. The number of anilines is 1. The van der Waals surface area contributed by atoms with Crippen LogP contribution in [0, 0.1) is 0 Å². The van der Waals surface area contributed by atoms with E-state index in [0.717, 1.165) is 11.3 Å². The number of hydrogen-bond acceptors (Lipinski definition) is 6. The minimum Gasteiger partial charge on any atom is -0.494 e. The summed E-state index contributed by atoms with van der Waals surface area (Å²) in [6.45, 7) is 2.49. The number of amides is 1. The molecule has 1 N–H and O–H groups in total. The van der Waals surface area contributed by atoms with E-state index in [0.29, 0.717) is 18.1 Å². The second-order valence-corrected chi connectivity index (χ2v) is 5.12. The van der Waals surface area contributed by atoms with Gasteiger partial charge >= 0.3 is 6.01 Å². The molecule has 1 amide bonds. The molecule has 3 rings (SSSR count). The third-order valence-electron chi connectivity index (χ3n) is 2.84. The van der Waals surface area contributed by atoms with Crippen molar-refractivity contribution in [2.24, 2.45) is 0 Å². The maximum atomic E-state index is 12.1. The van der Waals surface area contributed by atoms with Gasteiger partial charge in [-0.25, -0.2) is 0 Å². The van der Waals surface area contributed by atoms with Crippen LogP contribution in [0.2, 0.25) is 0 Å². The molecule has 0 aliphatic rings. The third-order valence-corrected chi connectivity index (χ3v) is 3.52. The zero-order valence-electron chi connectivity index (χ0n) is 11.8. The Bertz CT molecular complexity index is 751. The molecule has 0 saturated carbocycles. The van der Waals surface area contributed by atoms with E-state index in [1.165, 1.54) is 11.3 Å². The predicted octanol–water partition coefficient (Wildman–Crippen LogP) is 3.45. The summed E-state index contributed by atoms with van der Waals surface area (Å²) in [5.41, 5.74) is 1.32. The van der Waals surface area contributed by atoms with Gasteiger partial charge in [-0.05, 0) is 42.6 Å². The maximum absolute atomic E-state index is 12.1. The van der Waals surface area contributed by atoms with Crippen LogP contribution in [0.15, 0.2) is 45.5 Å². The van der Waals surface area contributed by atoms with Crippen LogP contribution < -0.4 is 10.1 Å². The summed E-state index contributed by atoms with van der Waals surface area (Å²) in [7, 11) is 0. The Morgan fingerprint density at radius 3 is 2.77 bits per heavy atom. The summed E-state index contributed by atoms with van der Waals surface area (Å²) in [4.78, 5) is 12.1. The van der Waals surface area contributed by atoms with Gasteiger partial charge in [-0.15, -0.1) is 5.10 Å². The van der Waals surface area contributed by atoms with Gasteiger partial charge in [-0.2, -0.15) is 11.3 Å². The Balaban J connectivity index is 1.69. The maximum Gasteiger partial charge on any atom is 0.322 e. The average Bonchev–Trinajstić information content (AvgIpc) is 3.19. The van der Waals surface area contributed by atoms with Crippen LogP contribution in [0.4, 0.5) is 6.01 Å². The summed E-state index contributed by atoms with van der Waals surface area (Å²) in [6.07, 6.45) is 0. The topological polar surface area (TPSA) is 77.2 Å². The average molecular weight is 315 g/mol. The Hall–Kier alpha value is -2.67. The van der Waals surface area contributed by atoms with Crippen molar-refractivity contribution in [3.05, 3.63) is 46.7 Å². The molecule has 1 aromatic carbocycles. The molecule has 0 saturated heterocycles. The van der Waals surface area contributed by atoms with Gasteiger partial charge in [0.1, 0.15) is 5.75 Å². The first-order valence-electron chi connectivity index (χ1n) is 6.66. The smallest absolute Gasteiger partial charge is 0.322 e. The number of nitrogens with zero attached hydrogens (tertiary/aromatic N) is 2. The molecule has 0 aliphatic carbocycles. The normalized spacial score (nSPS) is 10.4. The monoisotopic (exact) mass is 315 g/mol. The van der Waals surface area contributed by atoms with E-state index in [2.05, 4.69) is 15.5 Å². The Kier molecular flexibility index (Phi) is 4.15. The van der Waals surface area contributed by atoms with Crippen molar-refractivity contribution < 1.29 is 13.9 Å². The zero-order valence-corrected chi connectivity index (χ0v) is 12.6.